The van der Waals surface area contributed by atoms with Crippen molar-refractivity contribution in [2.75, 3.05) is 13.1 Å². The van der Waals surface area contributed by atoms with Gasteiger partial charge in [-0.15, -0.1) is 0 Å². The Kier molecular flexibility index (Phi) is 4.38. The highest BCUT2D eigenvalue weighted by atomic mass is 15.3. The number of rotatable bonds is 5. The van der Waals surface area contributed by atoms with Crippen LogP contribution in [0.25, 0.3) is 0 Å². The minimum absolute atomic E-state index is 0.330. The van der Waals surface area contributed by atoms with Gasteiger partial charge in [0.05, 0.1) is 0 Å². The van der Waals surface area contributed by atoms with Gasteiger partial charge in [-0.3, -0.25) is 4.90 Å². The molecule has 3 unspecified atom stereocenters. The summed E-state index contributed by atoms with van der Waals surface area (Å²) in [6.07, 6.45) is 5.48. The molecule has 0 bridgehead atoms. The van der Waals surface area contributed by atoms with Crippen molar-refractivity contribution in [1.29, 1.82) is 0 Å². The molecule has 2 fully saturated rings. The molecule has 0 aromatic carbocycles. The van der Waals surface area contributed by atoms with E-state index < -0.39 is 0 Å². The Bertz CT molecular complexity index is 272. The SMILES string of the molecule is CCC1(C)CN(C(C)CC(C)C)C(C2CC2)CN1. The first-order valence-corrected chi connectivity index (χ1v) is 7.96. The van der Waals surface area contributed by atoms with Crippen LogP contribution < -0.4 is 5.32 Å². The second-order valence-electron chi connectivity index (χ2n) is 7.35. The van der Waals surface area contributed by atoms with E-state index in [1.165, 1.54) is 38.8 Å². The second kappa shape index (κ2) is 5.50. The van der Waals surface area contributed by atoms with Crippen LogP contribution in [-0.2, 0) is 0 Å². The van der Waals surface area contributed by atoms with Gasteiger partial charge >= 0.3 is 0 Å². The van der Waals surface area contributed by atoms with Gasteiger partial charge in [-0.1, -0.05) is 20.8 Å². The van der Waals surface area contributed by atoms with Gasteiger partial charge in [-0.05, 0) is 51.4 Å². The van der Waals surface area contributed by atoms with Crippen molar-refractivity contribution in [3.8, 4) is 0 Å². The lowest BCUT2D eigenvalue weighted by Gasteiger charge is -2.49. The lowest BCUT2D eigenvalue weighted by atomic mass is 9.89. The van der Waals surface area contributed by atoms with Crippen LogP contribution in [0.2, 0.25) is 0 Å². The van der Waals surface area contributed by atoms with Crippen LogP contribution in [0.15, 0.2) is 0 Å². The molecule has 1 N–H and O–H groups in total. The zero-order valence-electron chi connectivity index (χ0n) is 13.0. The van der Waals surface area contributed by atoms with Gasteiger partial charge in [0.25, 0.3) is 0 Å². The molecule has 3 atom stereocenters. The lowest BCUT2D eigenvalue weighted by Crippen LogP contribution is -2.65. The fourth-order valence-corrected chi connectivity index (χ4v) is 3.50. The first kappa shape index (κ1) is 14.3. The van der Waals surface area contributed by atoms with E-state index in [0.29, 0.717) is 5.54 Å². The van der Waals surface area contributed by atoms with Crippen molar-refractivity contribution in [3.05, 3.63) is 0 Å². The number of hydrogen-bond donors (Lipinski definition) is 1. The minimum Gasteiger partial charge on any atom is -0.309 e. The summed E-state index contributed by atoms with van der Waals surface area (Å²) in [6.45, 7) is 14.3. The van der Waals surface area contributed by atoms with E-state index >= 15 is 0 Å². The van der Waals surface area contributed by atoms with Crippen molar-refractivity contribution < 1.29 is 0 Å². The van der Waals surface area contributed by atoms with Crippen LogP contribution in [0.4, 0.5) is 0 Å². The fourth-order valence-electron chi connectivity index (χ4n) is 3.50. The predicted octanol–water partition coefficient (Wildman–Crippen LogP) is 3.27. The number of piperazine rings is 1. The van der Waals surface area contributed by atoms with Crippen molar-refractivity contribution in [3.63, 3.8) is 0 Å². The lowest BCUT2D eigenvalue weighted by molar-refractivity contribution is 0.0343. The highest BCUT2D eigenvalue weighted by molar-refractivity contribution is 5.01. The summed E-state index contributed by atoms with van der Waals surface area (Å²) in [5.41, 5.74) is 0.330. The smallest absolute Gasteiger partial charge is 0.0278 e. The van der Waals surface area contributed by atoms with Gasteiger partial charge < -0.3 is 5.32 Å². The van der Waals surface area contributed by atoms with Gasteiger partial charge in [-0.25, -0.2) is 0 Å². The predicted molar refractivity (Wildman–Crippen MR) is 78.8 cm³/mol. The summed E-state index contributed by atoms with van der Waals surface area (Å²) in [7, 11) is 0. The molecule has 2 aliphatic rings. The highest BCUT2D eigenvalue weighted by Gasteiger charge is 2.43. The van der Waals surface area contributed by atoms with Crippen LogP contribution >= 0.6 is 0 Å². The molecule has 1 saturated carbocycles. The summed E-state index contributed by atoms with van der Waals surface area (Å²) in [4.78, 5) is 2.83. The second-order valence-corrected chi connectivity index (χ2v) is 7.35. The monoisotopic (exact) mass is 252 g/mol. The third-order valence-electron chi connectivity index (χ3n) is 5.02. The van der Waals surface area contributed by atoms with E-state index in [9.17, 15) is 0 Å². The Morgan fingerprint density at radius 3 is 2.44 bits per heavy atom. The molecule has 0 aromatic rings. The first-order valence-electron chi connectivity index (χ1n) is 7.96. The normalized spacial score (nSPS) is 36.0. The molecular formula is C16H32N2. The average Bonchev–Trinajstić information content (AvgIpc) is 3.12. The molecular weight excluding hydrogens is 220 g/mol. The van der Waals surface area contributed by atoms with Gasteiger partial charge in [0.1, 0.15) is 0 Å². The minimum atomic E-state index is 0.330. The molecule has 2 rings (SSSR count). The average molecular weight is 252 g/mol. The van der Waals surface area contributed by atoms with Crippen LogP contribution in [0.1, 0.15) is 60.3 Å². The molecule has 1 saturated heterocycles. The highest BCUT2D eigenvalue weighted by Crippen LogP contribution is 2.39. The zero-order chi connectivity index (χ0) is 13.3. The van der Waals surface area contributed by atoms with Crippen molar-refractivity contribution in [2.24, 2.45) is 11.8 Å². The third kappa shape index (κ3) is 3.27. The molecule has 2 nitrogen and oxygen atoms in total. The maximum Gasteiger partial charge on any atom is 0.0278 e. The van der Waals surface area contributed by atoms with Gasteiger partial charge in [-0.2, -0.15) is 0 Å². The summed E-state index contributed by atoms with van der Waals surface area (Å²) in [6, 6.07) is 1.54. The first-order chi connectivity index (χ1) is 8.45. The molecule has 18 heavy (non-hydrogen) atoms. The summed E-state index contributed by atoms with van der Waals surface area (Å²) < 4.78 is 0. The summed E-state index contributed by atoms with van der Waals surface area (Å²) >= 11 is 0. The standard InChI is InChI=1S/C16H32N2/c1-6-16(5)11-18(13(4)9-12(2)3)15(10-17-16)14-7-8-14/h12-15,17H,6-11H2,1-5H3. The van der Waals surface area contributed by atoms with Gasteiger partial charge in [0, 0.05) is 30.7 Å². The van der Waals surface area contributed by atoms with E-state index in [2.05, 4.69) is 44.8 Å². The van der Waals surface area contributed by atoms with Crippen molar-refractivity contribution >= 4 is 0 Å². The number of nitrogens with zero attached hydrogens (tertiary/aromatic N) is 1. The summed E-state index contributed by atoms with van der Waals surface area (Å²) in [5.74, 6) is 1.79. The molecule has 0 amide bonds. The zero-order valence-corrected chi connectivity index (χ0v) is 13.0. The van der Waals surface area contributed by atoms with E-state index in [1.54, 1.807) is 0 Å². The Morgan fingerprint density at radius 1 is 1.28 bits per heavy atom. The number of hydrogen-bond acceptors (Lipinski definition) is 2. The fraction of sp³-hybridized carbons (Fsp3) is 1.00. The van der Waals surface area contributed by atoms with Crippen molar-refractivity contribution in [1.82, 2.24) is 10.2 Å². The molecule has 0 aromatic heterocycles. The van der Waals surface area contributed by atoms with Crippen molar-refractivity contribution in [2.45, 2.75) is 77.9 Å². The van der Waals surface area contributed by atoms with Crippen LogP contribution in [-0.4, -0.2) is 35.6 Å². The van der Waals surface area contributed by atoms with E-state index in [1.807, 2.05) is 0 Å². The maximum absolute atomic E-state index is 3.81. The summed E-state index contributed by atoms with van der Waals surface area (Å²) in [5, 5.41) is 3.81. The van der Waals surface area contributed by atoms with E-state index in [-0.39, 0.29) is 0 Å². The Hall–Kier alpha value is -0.0800. The van der Waals surface area contributed by atoms with Crippen LogP contribution in [0.3, 0.4) is 0 Å². The van der Waals surface area contributed by atoms with E-state index in [0.717, 1.165) is 23.9 Å². The van der Waals surface area contributed by atoms with Crippen LogP contribution in [0, 0.1) is 11.8 Å². The number of nitrogens with one attached hydrogen (secondary N) is 1. The molecule has 1 aliphatic heterocycles. The van der Waals surface area contributed by atoms with Gasteiger partial charge in [0.15, 0.2) is 0 Å². The molecule has 2 heteroatoms. The van der Waals surface area contributed by atoms with E-state index in [4.69, 9.17) is 0 Å². The van der Waals surface area contributed by atoms with Crippen LogP contribution in [0.5, 0.6) is 0 Å². The topological polar surface area (TPSA) is 15.3 Å². The quantitative estimate of drug-likeness (QED) is 0.808. The molecule has 0 radical (unpaired) electrons. The molecule has 1 aliphatic carbocycles. The molecule has 0 spiro atoms. The Morgan fingerprint density at radius 2 is 1.94 bits per heavy atom. The third-order valence-corrected chi connectivity index (χ3v) is 5.02. The largest absolute Gasteiger partial charge is 0.309 e. The Labute approximate surface area is 114 Å². The molecule has 1 heterocycles. The maximum atomic E-state index is 3.81. The Balaban J connectivity index is 2.04. The molecule has 106 valence electrons. The van der Waals surface area contributed by atoms with Gasteiger partial charge in [0.2, 0.25) is 0 Å².